The third-order valence-electron chi connectivity index (χ3n) is 3.36. The molecule has 1 atom stereocenters. The molecule has 4 nitrogen and oxygen atoms in total. The monoisotopic (exact) mass is 296 g/mol. The fourth-order valence-corrected chi connectivity index (χ4v) is 1.99. The van der Waals surface area contributed by atoms with Gasteiger partial charge < -0.3 is 5.11 Å². The van der Waals surface area contributed by atoms with Gasteiger partial charge in [-0.25, -0.2) is 5.43 Å². The molecule has 0 aliphatic rings. The lowest BCUT2D eigenvalue weighted by Gasteiger charge is -2.08. The van der Waals surface area contributed by atoms with Crippen molar-refractivity contribution in [1.82, 2.24) is 5.43 Å². The van der Waals surface area contributed by atoms with E-state index in [4.69, 9.17) is 0 Å². The molecule has 4 heteroatoms. The minimum atomic E-state index is -1.22. The molecule has 0 heterocycles. The lowest BCUT2D eigenvalue weighted by molar-refractivity contribution is -0.129. The zero-order chi connectivity index (χ0) is 15.9. The molecule has 0 bridgehead atoms. The number of carbonyl (C=O) groups is 1. The first kappa shape index (κ1) is 15.9. The minimum Gasteiger partial charge on any atom is -0.378 e. The smallest absolute Gasteiger partial charge is 0.273 e. The van der Waals surface area contributed by atoms with Gasteiger partial charge in [-0.3, -0.25) is 4.79 Å². The minimum absolute atomic E-state index is 0.478. The van der Waals surface area contributed by atoms with E-state index in [9.17, 15) is 9.90 Å². The average Bonchev–Trinajstić information content (AvgIpc) is 2.55. The van der Waals surface area contributed by atoms with Crippen molar-refractivity contribution in [2.24, 2.45) is 5.10 Å². The Bertz CT molecular complexity index is 634. The molecule has 1 amide bonds. The summed E-state index contributed by atoms with van der Waals surface area (Å²) in [5, 5.41) is 13.8. The van der Waals surface area contributed by atoms with Gasteiger partial charge in [-0.15, -0.1) is 0 Å². The summed E-state index contributed by atoms with van der Waals surface area (Å²) in [6.07, 6.45) is 0.335. The van der Waals surface area contributed by atoms with Crippen LogP contribution in [0.4, 0.5) is 0 Å². The van der Waals surface area contributed by atoms with Crippen LogP contribution in [0.15, 0.2) is 59.7 Å². The van der Waals surface area contributed by atoms with E-state index in [1.807, 2.05) is 30.3 Å². The number of aliphatic hydroxyl groups excluding tert-OH is 1. The first-order valence-corrected chi connectivity index (χ1v) is 7.24. The lowest BCUT2D eigenvalue weighted by Crippen LogP contribution is -2.25. The second-order valence-electron chi connectivity index (χ2n) is 5.37. The van der Waals surface area contributed by atoms with E-state index in [1.165, 1.54) is 5.56 Å². The Morgan fingerprint density at radius 2 is 1.68 bits per heavy atom. The van der Waals surface area contributed by atoms with Crippen LogP contribution in [-0.2, 0) is 4.79 Å². The van der Waals surface area contributed by atoms with E-state index in [-0.39, 0.29) is 0 Å². The van der Waals surface area contributed by atoms with E-state index in [2.05, 4.69) is 24.4 Å². The van der Waals surface area contributed by atoms with Crippen molar-refractivity contribution in [3.63, 3.8) is 0 Å². The molecule has 2 aromatic carbocycles. The number of rotatable bonds is 5. The summed E-state index contributed by atoms with van der Waals surface area (Å²) in [6.45, 7) is 4.27. The van der Waals surface area contributed by atoms with Gasteiger partial charge in [0.15, 0.2) is 6.10 Å². The van der Waals surface area contributed by atoms with Gasteiger partial charge in [0, 0.05) is 0 Å². The summed E-state index contributed by atoms with van der Waals surface area (Å²) in [5.41, 5.74) is 5.02. The Hall–Kier alpha value is -2.46. The Morgan fingerprint density at radius 3 is 2.27 bits per heavy atom. The van der Waals surface area contributed by atoms with Gasteiger partial charge >= 0.3 is 0 Å². The molecule has 22 heavy (non-hydrogen) atoms. The van der Waals surface area contributed by atoms with E-state index >= 15 is 0 Å². The van der Waals surface area contributed by atoms with Crippen LogP contribution in [0, 0.1) is 0 Å². The summed E-state index contributed by atoms with van der Waals surface area (Å²) in [6, 6.07) is 16.7. The van der Waals surface area contributed by atoms with Crippen LogP contribution in [0.5, 0.6) is 0 Å². The topological polar surface area (TPSA) is 61.7 Å². The van der Waals surface area contributed by atoms with Gasteiger partial charge in [0.25, 0.3) is 5.91 Å². The van der Waals surface area contributed by atoms with Crippen molar-refractivity contribution >= 4 is 12.1 Å². The van der Waals surface area contributed by atoms with E-state index < -0.39 is 12.0 Å². The highest BCUT2D eigenvalue weighted by Gasteiger charge is 2.15. The maximum Gasteiger partial charge on any atom is 0.273 e. The second kappa shape index (κ2) is 7.52. The molecule has 0 saturated carbocycles. The molecular weight excluding hydrogens is 276 g/mol. The van der Waals surface area contributed by atoms with Gasteiger partial charge in [0.05, 0.1) is 6.21 Å². The fourth-order valence-electron chi connectivity index (χ4n) is 1.99. The fraction of sp³-hybridized carbons (Fsp3) is 0.222. The zero-order valence-electron chi connectivity index (χ0n) is 12.7. The highest BCUT2D eigenvalue weighted by molar-refractivity contribution is 5.85. The predicted molar refractivity (Wildman–Crippen MR) is 87.7 cm³/mol. The Morgan fingerprint density at radius 1 is 1.05 bits per heavy atom. The first-order chi connectivity index (χ1) is 10.6. The largest absolute Gasteiger partial charge is 0.378 e. The molecule has 0 aliphatic carbocycles. The Balaban J connectivity index is 1.93. The van der Waals surface area contributed by atoms with Crippen LogP contribution in [0.3, 0.4) is 0 Å². The number of hydrogen-bond donors (Lipinski definition) is 2. The second-order valence-corrected chi connectivity index (χ2v) is 5.37. The number of nitrogens with one attached hydrogen (secondary N) is 1. The molecule has 0 radical (unpaired) electrons. The number of aliphatic hydroxyl groups is 1. The van der Waals surface area contributed by atoms with Crippen LogP contribution in [0.1, 0.15) is 42.6 Å². The SMILES string of the molecule is CC(C)c1ccc(/C=N/NC(=O)C(O)c2ccccc2)cc1. The van der Waals surface area contributed by atoms with Crippen molar-refractivity contribution in [3.8, 4) is 0 Å². The predicted octanol–water partition coefficient (Wildman–Crippen LogP) is 2.99. The van der Waals surface area contributed by atoms with Gasteiger partial charge in [0.2, 0.25) is 0 Å². The number of benzene rings is 2. The third-order valence-corrected chi connectivity index (χ3v) is 3.36. The van der Waals surface area contributed by atoms with E-state index in [0.29, 0.717) is 11.5 Å². The Kier molecular flexibility index (Phi) is 5.44. The first-order valence-electron chi connectivity index (χ1n) is 7.24. The number of hydrazone groups is 1. The van der Waals surface area contributed by atoms with E-state index in [0.717, 1.165) is 5.56 Å². The van der Waals surface area contributed by atoms with Gasteiger partial charge in [0.1, 0.15) is 0 Å². The van der Waals surface area contributed by atoms with Crippen LogP contribution < -0.4 is 5.43 Å². The highest BCUT2D eigenvalue weighted by atomic mass is 16.3. The summed E-state index contributed by atoms with van der Waals surface area (Å²) >= 11 is 0. The Labute approximate surface area is 130 Å². The van der Waals surface area contributed by atoms with E-state index in [1.54, 1.807) is 30.5 Å². The molecule has 0 fully saturated rings. The molecule has 2 rings (SSSR count). The molecular formula is C18H20N2O2. The quantitative estimate of drug-likeness (QED) is 0.658. The zero-order valence-corrected chi connectivity index (χ0v) is 12.7. The van der Waals surface area contributed by atoms with Crippen LogP contribution in [0.2, 0.25) is 0 Å². The number of carbonyl (C=O) groups excluding carboxylic acids is 1. The average molecular weight is 296 g/mol. The van der Waals surface area contributed by atoms with Crippen molar-refractivity contribution in [2.45, 2.75) is 25.9 Å². The molecule has 0 spiro atoms. The maximum absolute atomic E-state index is 11.8. The summed E-state index contributed by atoms with van der Waals surface area (Å²) in [7, 11) is 0. The molecule has 0 saturated heterocycles. The number of nitrogens with zero attached hydrogens (tertiary/aromatic N) is 1. The molecule has 114 valence electrons. The molecule has 1 unspecified atom stereocenters. The molecule has 0 aromatic heterocycles. The normalized spacial score (nSPS) is 12.5. The van der Waals surface area contributed by atoms with Crippen molar-refractivity contribution < 1.29 is 9.90 Å². The highest BCUT2D eigenvalue weighted by Crippen LogP contribution is 2.14. The van der Waals surface area contributed by atoms with Gasteiger partial charge in [-0.1, -0.05) is 68.4 Å². The van der Waals surface area contributed by atoms with Crippen molar-refractivity contribution in [1.29, 1.82) is 0 Å². The van der Waals surface area contributed by atoms with Gasteiger partial charge in [-0.05, 0) is 22.6 Å². The van der Waals surface area contributed by atoms with Crippen LogP contribution in [-0.4, -0.2) is 17.2 Å². The molecule has 0 aliphatic heterocycles. The maximum atomic E-state index is 11.8. The van der Waals surface area contributed by atoms with Gasteiger partial charge in [-0.2, -0.15) is 5.10 Å². The summed E-state index contributed by atoms with van der Waals surface area (Å²) < 4.78 is 0. The molecule has 2 aromatic rings. The lowest BCUT2D eigenvalue weighted by atomic mass is 10.0. The number of hydrogen-bond acceptors (Lipinski definition) is 3. The third kappa shape index (κ3) is 4.27. The summed E-state index contributed by atoms with van der Waals surface area (Å²) in [4.78, 5) is 11.8. The van der Waals surface area contributed by atoms with Crippen LogP contribution in [0.25, 0.3) is 0 Å². The summed E-state index contributed by atoms with van der Waals surface area (Å²) in [5.74, 6) is -0.0760. The standard InChI is InChI=1S/C18H20N2O2/c1-13(2)15-10-8-14(9-11-15)12-19-20-18(22)17(21)16-6-4-3-5-7-16/h3-13,17,21H,1-2H3,(H,20,22)/b19-12+. The number of amides is 1. The molecule has 2 N–H and O–H groups in total. The van der Waals surface area contributed by atoms with Crippen molar-refractivity contribution in [3.05, 3.63) is 71.3 Å². The van der Waals surface area contributed by atoms with Crippen LogP contribution >= 0.6 is 0 Å². The van der Waals surface area contributed by atoms with Crippen molar-refractivity contribution in [2.75, 3.05) is 0 Å².